The van der Waals surface area contributed by atoms with Crippen LogP contribution in [-0.2, 0) is 10.8 Å². The molecular weight excluding hydrogens is 222 g/mol. The van der Waals surface area contributed by atoms with Crippen molar-refractivity contribution in [3.05, 3.63) is 18.3 Å². The number of nitrogens with one attached hydrogen (secondary N) is 2. The maximum atomic E-state index is 10.9. The highest BCUT2D eigenvalue weighted by Crippen LogP contribution is 2.11. The van der Waals surface area contributed by atoms with Crippen LogP contribution < -0.4 is 10.6 Å². The number of hydrogen-bond donors (Lipinski definition) is 2. The Labute approximate surface area is 99.3 Å². The fourth-order valence-corrected chi connectivity index (χ4v) is 1.62. The third-order valence-corrected chi connectivity index (χ3v) is 2.81. The molecule has 0 aliphatic heterocycles. The predicted molar refractivity (Wildman–Crippen MR) is 70.4 cm³/mol. The van der Waals surface area contributed by atoms with Gasteiger partial charge in [0.05, 0.1) is 0 Å². The summed E-state index contributed by atoms with van der Waals surface area (Å²) in [6, 6.07) is 3.88. The Hall–Kier alpha value is -1.10. The summed E-state index contributed by atoms with van der Waals surface area (Å²) >= 11 is 0. The van der Waals surface area contributed by atoms with Crippen LogP contribution in [0.4, 0.5) is 11.5 Å². The second-order valence-corrected chi connectivity index (χ2v) is 5.12. The summed E-state index contributed by atoms with van der Waals surface area (Å²) < 4.78 is 10.9. The summed E-state index contributed by atoms with van der Waals surface area (Å²) in [5, 5.41) is 6.44. The number of hydrogen-bond acceptors (Lipinski definition) is 4. The van der Waals surface area contributed by atoms with Gasteiger partial charge in [-0.1, -0.05) is 6.92 Å². The van der Waals surface area contributed by atoms with E-state index >= 15 is 0 Å². The molecule has 1 aromatic rings. The van der Waals surface area contributed by atoms with E-state index in [4.69, 9.17) is 0 Å². The molecule has 2 N–H and O–H groups in total. The first-order chi connectivity index (χ1) is 7.72. The lowest BCUT2D eigenvalue weighted by Crippen LogP contribution is -2.10. The monoisotopic (exact) mass is 241 g/mol. The number of nitrogens with zero attached hydrogens (tertiary/aromatic N) is 1. The zero-order valence-electron chi connectivity index (χ0n) is 9.82. The van der Waals surface area contributed by atoms with Gasteiger partial charge >= 0.3 is 0 Å². The van der Waals surface area contributed by atoms with E-state index in [0.29, 0.717) is 5.75 Å². The molecule has 0 amide bonds. The van der Waals surface area contributed by atoms with E-state index in [2.05, 4.69) is 22.5 Å². The van der Waals surface area contributed by atoms with E-state index in [1.54, 1.807) is 12.5 Å². The van der Waals surface area contributed by atoms with Crippen molar-refractivity contribution in [3.63, 3.8) is 0 Å². The van der Waals surface area contributed by atoms with E-state index in [0.717, 1.165) is 31.0 Å². The molecule has 0 spiro atoms. The first-order valence-electron chi connectivity index (χ1n) is 5.46. The molecule has 1 atom stereocenters. The van der Waals surface area contributed by atoms with Crippen LogP contribution >= 0.6 is 0 Å². The molecule has 1 rings (SSSR count). The maximum Gasteiger partial charge on any atom is 0.127 e. The third-order valence-electron chi connectivity index (χ3n) is 2.03. The van der Waals surface area contributed by atoms with E-state index in [1.807, 2.05) is 12.1 Å². The predicted octanol–water partition coefficient (Wildman–Crippen LogP) is 1.69. The fraction of sp³-hybridized carbons (Fsp3) is 0.545. The van der Waals surface area contributed by atoms with Crippen molar-refractivity contribution in [3.8, 4) is 0 Å². The Bertz CT molecular complexity index is 344. The van der Waals surface area contributed by atoms with Crippen molar-refractivity contribution in [1.82, 2.24) is 4.98 Å². The van der Waals surface area contributed by atoms with Gasteiger partial charge in [0, 0.05) is 53.8 Å². The zero-order chi connectivity index (χ0) is 11.8. The summed E-state index contributed by atoms with van der Waals surface area (Å²) in [5.41, 5.74) is 1.01. The SMILES string of the molecule is CCCNc1cc(NCCS(C)=O)ccn1. The first kappa shape index (κ1) is 13.0. The van der Waals surface area contributed by atoms with E-state index in [9.17, 15) is 4.21 Å². The van der Waals surface area contributed by atoms with Crippen LogP contribution in [0.15, 0.2) is 18.3 Å². The number of aromatic nitrogens is 1. The molecule has 0 fully saturated rings. The van der Waals surface area contributed by atoms with Crippen molar-refractivity contribution in [2.75, 3.05) is 35.7 Å². The zero-order valence-corrected chi connectivity index (χ0v) is 10.6. The molecule has 0 aliphatic rings. The summed E-state index contributed by atoms with van der Waals surface area (Å²) in [6.45, 7) is 3.77. The van der Waals surface area contributed by atoms with Crippen molar-refractivity contribution in [1.29, 1.82) is 0 Å². The van der Waals surface area contributed by atoms with Crippen LogP contribution in [0.5, 0.6) is 0 Å². The number of anilines is 2. The number of pyridine rings is 1. The Balaban J connectivity index is 2.43. The molecule has 0 radical (unpaired) electrons. The summed E-state index contributed by atoms with van der Waals surface area (Å²) in [5.74, 6) is 1.55. The molecule has 1 unspecified atom stereocenters. The van der Waals surface area contributed by atoms with E-state index in [1.165, 1.54) is 0 Å². The lowest BCUT2D eigenvalue weighted by atomic mass is 10.3. The van der Waals surface area contributed by atoms with Crippen LogP contribution in [0.3, 0.4) is 0 Å². The minimum Gasteiger partial charge on any atom is -0.384 e. The molecule has 4 nitrogen and oxygen atoms in total. The summed E-state index contributed by atoms with van der Waals surface area (Å²) in [6.07, 6.45) is 4.56. The standard InChI is InChI=1S/C11H19N3OS/c1-3-5-13-11-9-10(4-6-14-11)12-7-8-16(2)15/h4,6,9H,3,5,7-8H2,1-2H3,(H2,12,13,14). The summed E-state index contributed by atoms with van der Waals surface area (Å²) in [7, 11) is -0.743. The van der Waals surface area contributed by atoms with Gasteiger partial charge in [0.25, 0.3) is 0 Å². The van der Waals surface area contributed by atoms with E-state index < -0.39 is 10.8 Å². The minimum atomic E-state index is -0.743. The smallest absolute Gasteiger partial charge is 0.127 e. The molecule has 16 heavy (non-hydrogen) atoms. The van der Waals surface area contributed by atoms with Gasteiger partial charge in [-0.25, -0.2) is 4.98 Å². The molecule has 1 aromatic heterocycles. The van der Waals surface area contributed by atoms with Crippen LogP contribution in [0.1, 0.15) is 13.3 Å². The Morgan fingerprint density at radius 3 is 2.88 bits per heavy atom. The van der Waals surface area contributed by atoms with Gasteiger partial charge in [0.1, 0.15) is 5.82 Å². The molecule has 0 aromatic carbocycles. The van der Waals surface area contributed by atoms with Gasteiger partial charge in [-0.05, 0) is 12.5 Å². The third kappa shape index (κ3) is 5.11. The molecule has 90 valence electrons. The van der Waals surface area contributed by atoms with Crippen molar-refractivity contribution < 1.29 is 4.21 Å². The van der Waals surface area contributed by atoms with Gasteiger partial charge in [0.15, 0.2) is 0 Å². The van der Waals surface area contributed by atoms with Crippen LogP contribution in [0.25, 0.3) is 0 Å². The maximum absolute atomic E-state index is 10.9. The molecule has 0 saturated heterocycles. The average Bonchev–Trinajstić information content (AvgIpc) is 2.26. The Morgan fingerprint density at radius 1 is 1.38 bits per heavy atom. The van der Waals surface area contributed by atoms with Crippen molar-refractivity contribution in [2.24, 2.45) is 0 Å². The average molecular weight is 241 g/mol. The Kier molecular flexibility index (Phi) is 5.85. The van der Waals surface area contributed by atoms with Crippen molar-refractivity contribution in [2.45, 2.75) is 13.3 Å². The van der Waals surface area contributed by atoms with Gasteiger partial charge in [-0.2, -0.15) is 0 Å². The quantitative estimate of drug-likeness (QED) is 0.763. The second-order valence-electron chi connectivity index (χ2n) is 3.56. The molecule has 1 heterocycles. The van der Waals surface area contributed by atoms with Gasteiger partial charge in [-0.15, -0.1) is 0 Å². The Morgan fingerprint density at radius 2 is 2.19 bits per heavy atom. The normalized spacial score (nSPS) is 12.1. The molecule has 0 saturated carbocycles. The highest BCUT2D eigenvalue weighted by Gasteiger charge is 1.96. The molecule has 5 heteroatoms. The van der Waals surface area contributed by atoms with Crippen LogP contribution in [0.2, 0.25) is 0 Å². The highest BCUT2D eigenvalue weighted by atomic mass is 32.2. The van der Waals surface area contributed by atoms with Gasteiger partial charge < -0.3 is 10.6 Å². The summed E-state index contributed by atoms with van der Waals surface area (Å²) in [4.78, 5) is 4.21. The highest BCUT2D eigenvalue weighted by molar-refractivity contribution is 7.84. The van der Waals surface area contributed by atoms with Crippen molar-refractivity contribution >= 4 is 22.3 Å². The lowest BCUT2D eigenvalue weighted by Gasteiger charge is -2.08. The molecule has 0 bridgehead atoms. The topological polar surface area (TPSA) is 54.0 Å². The van der Waals surface area contributed by atoms with E-state index in [-0.39, 0.29) is 0 Å². The fourth-order valence-electron chi connectivity index (χ4n) is 1.23. The second kappa shape index (κ2) is 7.22. The largest absolute Gasteiger partial charge is 0.384 e. The van der Waals surface area contributed by atoms with Crippen LogP contribution in [0, 0.1) is 0 Å². The van der Waals surface area contributed by atoms with Gasteiger partial charge in [0.2, 0.25) is 0 Å². The lowest BCUT2D eigenvalue weighted by molar-refractivity contribution is 0.687. The number of rotatable bonds is 7. The molecule has 0 aliphatic carbocycles. The van der Waals surface area contributed by atoms with Gasteiger partial charge in [-0.3, -0.25) is 4.21 Å². The minimum absolute atomic E-state index is 0.667. The molecular formula is C11H19N3OS. The first-order valence-corrected chi connectivity index (χ1v) is 7.19. The van der Waals surface area contributed by atoms with Crippen LogP contribution in [-0.4, -0.2) is 34.3 Å².